The van der Waals surface area contributed by atoms with Gasteiger partial charge in [0.2, 0.25) is 5.71 Å². The maximum atomic E-state index is 8.80. The van der Waals surface area contributed by atoms with Crippen LogP contribution in [-0.4, -0.2) is 9.97 Å². The van der Waals surface area contributed by atoms with Crippen LogP contribution in [0.2, 0.25) is 0 Å². The first-order valence-electron chi connectivity index (χ1n) is 12.5. The maximum Gasteiger partial charge on any atom is 0.227 e. The fourth-order valence-electron chi connectivity index (χ4n) is 3.68. The van der Waals surface area contributed by atoms with Crippen LogP contribution in [0, 0.1) is 5.92 Å². The van der Waals surface area contributed by atoms with Gasteiger partial charge in [-0.3, -0.25) is 4.98 Å². The number of fused-ring (bicyclic) bond motifs is 3. The molecule has 130 valence electrons. The number of nitrogens with zero attached hydrogens (tertiary/aromatic N) is 2. The summed E-state index contributed by atoms with van der Waals surface area (Å²) in [6.07, 6.45) is 4.47. The van der Waals surface area contributed by atoms with Crippen LogP contribution in [0.25, 0.3) is 33.3 Å². The summed E-state index contributed by atoms with van der Waals surface area (Å²) in [5.74, 6) is -0.0731. The Bertz CT molecular complexity index is 1390. The average Bonchev–Trinajstić information content (AvgIpc) is 3.20. The molecule has 4 aromatic rings. The summed E-state index contributed by atoms with van der Waals surface area (Å²) in [5, 5.41) is 0.307. The molecule has 0 aliphatic heterocycles. The predicted octanol–water partition coefficient (Wildman–Crippen LogP) is 6.17. The molecule has 1 aliphatic carbocycles. The first-order chi connectivity index (χ1) is 15.7. The summed E-state index contributed by atoms with van der Waals surface area (Å²) in [7, 11) is 0. The van der Waals surface area contributed by atoms with Crippen LogP contribution in [-0.2, 0) is 6.37 Å². The molecule has 1 aromatic carbocycles. The Kier molecular flexibility index (Phi) is 2.49. The Hall–Kier alpha value is -2.68. The molecule has 0 atom stereocenters. The highest BCUT2D eigenvalue weighted by molar-refractivity contribution is 6.08. The van der Waals surface area contributed by atoms with E-state index in [1.54, 1.807) is 12.1 Å². The SMILES string of the molecule is [2H]c1cc(-c2cc(C([2H])([2H])C3CCCCC3)ccn2)c2oc3nc([2H])c([2H])c([2H])c3c2c1[2H]. The second-order valence-corrected chi connectivity index (χ2v) is 6.70. The highest BCUT2D eigenvalue weighted by atomic mass is 16.3. The van der Waals surface area contributed by atoms with E-state index >= 15 is 0 Å². The predicted molar refractivity (Wildman–Crippen MR) is 105 cm³/mol. The zero-order chi connectivity index (χ0) is 23.5. The molecule has 0 saturated heterocycles. The Morgan fingerprint density at radius 3 is 2.88 bits per heavy atom. The monoisotopic (exact) mass is 349 g/mol. The molecule has 1 saturated carbocycles. The van der Waals surface area contributed by atoms with Gasteiger partial charge < -0.3 is 4.42 Å². The van der Waals surface area contributed by atoms with E-state index in [4.69, 9.17) is 14.0 Å². The van der Waals surface area contributed by atoms with Gasteiger partial charge in [0.15, 0.2) is 0 Å². The second-order valence-electron chi connectivity index (χ2n) is 6.70. The van der Waals surface area contributed by atoms with Crippen molar-refractivity contribution < 1.29 is 14.0 Å². The van der Waals surface area contributed by atoms with E-state index in [1.807, 2.05) is 0 Å². The Balaban J connectivity index is 1.73. The largest absolute Gasteiger partial charge is 0.437 e. The molecule has 3 nitrogen and oxygen atoms in total. The van der Waals surface area contributed by atoms with Crippen LogP contribution in [0.3, 0.4) is 0 Å². The van der Waals surface area contributed by atoms with Crippen LogP contribution >= 0.6 is 0 Å². The lowest BCUT2D eigenvalue weighted by atomic mass is 9.85. The van der Waals surface area contributed by atoms with Crippen LogP contribution in [0.5, 0.6) is 0 Å². The van der Waals surface area contributed by atoms with Crippen molar-refractivity contribution in [2.45, 2.75) is 38.5 Å². The number of rotatable bonds is 3. The van der Waals surface area contributed by atoms with Gasteiger partial charge in [-0.05, 0) is 48.1 Å². The number of furan rings is 1. The molecule has 26 heavy (non-hydrogen) atoms. The van der Waals surface area contributed by atoms with Crippen LogP contribution in [0.15, 0.2) is 59.2 Å². The van der Waals surface area contributed by atoms with Crippen molar-refractivity contribution in [3.63, 3.8) is 0 Å². The van der Waals surface area contributed by atoms with Gasteiger partial charge in [-0.25, -0.2) is 4.98 Å². The highest BCUT2D eigenvalue weighted by Gasteiger charge is 2.16. The van der Waals surface area contributed by atoms with E-state index in [-0.39, 0.29) is 52.2 Å². The van der Waals surface area contributed by atoms with Crippen molar-refractivity contribution in [2.24, 2.45) is 5.92 Å². The van der Waals surface area contributed by atoms with Crippen molar-refractivity contribution in [2.75, 3.05) is 0 Å². The van der Waals surface area contributed by atoms with Gasteiger partial charge in [0.1, 0.15) is 5.58 Å². The Labute approximate surface area is 162 Å². The minimum Gasteiger partial charge on any atom is -0.437 e. The minimum absolute atomic E-state index is 0.0370. The molecule has 3 heterocycles. The molecule has 0 spiro atoms. The number of benzene rings is 1. The van der Waals surface area contributed by atoms with Crippen molar-refractivity contribution >= 4 is 22.1 Å². The highest BCUT2D eigenvalue weighted by Crippen LogP contribution is 2.35. The van der Waals surface area contributed by atoms with Gasteiger partial charge in [-0.15, -0.1) is 0 Å². The van der Waals surface area contributed by atoms with E-state index in [0.717, 1.165) is 32.1 Å². The van der Waals surface area contributed by atoms with Gasteiger partial charge in [0.05, 0.1) is 12.5 Å². The molecule has 5 rings (SSSR count). The van der Waals surface area contributed by atoms with E-state index in [2.05, 4.69) is 9.97 Å². The lowest BCUT2D eigenvalue weighted by molar-refractivity contribution is 0.356. The molecule has 1 fully saturated rings. The number of para-hydroxylation sites is 1. The molecule has 0 radical (unpaired) electrons. The van der Waals surface area contributed by atoms with E-state index in [1.165, 1.54) is 12.3 Å². The first kappa shape index (κ1) is 9.86. The lowest BCUT2D eigenvalue weighted by Crippen LogP contribution is -2.09. The maximum absolute atomic E-state index is 8.80. The van der Waals surface area contributed by atoms with Crippen LogP contribution in [0.4, 0.5) is 0 Å². The smallest absolute Gasteiger partial charge is 0.227 e. The van der Waals surface area contributed by atoms with Crippen molar-refractivity contribution in [1.82, 2.24) is 9.97 Å². The first-order valence-corrected chi connectivity index (χ1v) is 8.97. The molecule has 0 N–H and O–H groups in total. The van der Waals surface area contributed by atoms with E-state index in [0.29, 0.717) is 16.8 Å². The number of hydrogen-bond acceptors (Lipinski definition) is 3. The van der Waals surface area contributed by atoms with Gasteiger partial charge in [0, 0.05) is 31.4 Å². The second kappa shape index (κ2) is 6.56. The minimum atomic E-state index is -1.53. The summed E-state index contributed by atoms with van der Waals surface area (Å²) in [6, 6.07) is 3.88. The lowest BCUT2D eigenvalue weighted by Gasteiger charge is -2.21. The number of pyridine rings is 2. The molecule has 3 heteroatoms. The third-order valence-corrected chi connectivity index (χ3v) is 4.96. The summed E-state index contributed by atoms with van der Waals surface area (Å²) in [5.41, 5.74) is 1.45. The Morgan fingerprint density at radius 1 is 1.08 bits per heavy atom. The molecule has 0 amide bonds. The van der Waals surface area contributed by atoms with Gasteiger partial charge in [-0.1, -0.05) is 44.2 Å². The molecule has 0 bridgehead atoms. The zero-order valence-corrected chi connectivity index (χ0v) is 14.2. The Morgan fingerprint density at radius 2 is 1.96 bits per heavy atom. The van der Waals surface area contributed by atoms with Crippen LogP contribution < -0.4 is 0 Å². The molecule has 1 aliphatic rings. The number of hydrogen-bond donors (Lipinski definition) is 0. The van der Waals surface area contributed by atoms with Crippen molar-refractivity contribution in [3.8, 4) is 11.3 Å². The summed E-state index contributed by atoms with van der Waals surface area (Å²) in [6.45, 7) is 0. The third kappa shape index (κ3) is 2.78. The quantitative estimate of drug-likeness (QED) is 0.444. The molecular weight excluding hydrogens is 320 g/mol. The van der Waals surface area contributed by atoms with Gasteiger partial charge in [0.25, 0.3) is 0 Å². The van der Waals surface area contributed by atoms with Crippen LogP contribution in [0.1, 0.15) is 47.3 Å². The van der Waals surface area contributed by atoms with Gasteiger partial charge in [-0.2, -0.15) is 0 Å². The fourth-order valence-corrected chi connectivity index (χ4v) is 3.68. The summed E-state index contributed by atoms with van der Waals surface area (Å²) < 4.78 is 64.2. The summed E-state index contributed by atoms with van der Waals surface area (Å²) >= 11 is 0. The molecule has 3 aromatic heterocycles. The zero-order valence-electron chi connectivity index (χ0n) is 21.2. The average molecular weight is 349 g/mol. The molecular formula is C23H22N2O. The standard InChI is InChI=1S/C23H22N2O/c1-2-6-16(7-3-1)14-17-11-13-24-21(15-17)20-9-4-8-18-19-10-5-12-25-23(19)26-22(18)20/h4-5,8-13,15-16H,1-3,6-7,14H2/i4D,5D,8D,10D,12D,14D2. The molecule has 0 unspecified atom stereocenters. The van der Waals surface area contributed by atoms with Crippen molar-refractivity contribution in [1.29, 1.82) is 0 Å². The topological polar surface area (TPSA) is 38.9 Å². The third-order valence-electron chi connectivity index (χ3n) is 4.96. The van der Waals surface area contributed by atoms with E-state index < -0.39 is 12.5 Å². The van der Waals surface area contributed by atoms with E-state index in [9.17, 15) is 0 Å². The summed E-state index contributed by atoms with van der Waals surface area (Å²) in [4.78, 5) is 8.37. The van der Waals surface area contributed by atoms with Crippen molar-refractivity contribution in [3.05, 3.63) is 60.3 Å². The van der Waals surface area contributed by atoms with Gasteiger partial charge >= 0.3 is 0 Å². The number of aromatic nitrogens is 2. The normalized spacial score (nSPS) is 20.1. The fraction of sp³-hybridized carbons (Fsp3) is 0.304.